The molecule has 0 radical (unpaired) electrons. The topological polar surface area (TPSA) is 92.8 Å². The van der Waals surface area contributed by atoms with E-state index < -0.39 is 6.09 Å². The zero-order chi connectivity index (χ0) is 15.1. The van der Waals surface area contributed by atoms with E-state index in [0.29, 0.717) is 12.4 Å². The Labute approximate surface area is 122 Å². The van der Waals surface area contributed by atoms with Gasteiger partial charge in [0, 0.05) is 0 Å². The molecule has 0 aliphatic heterocycles. The fourth-order valence-corrected chi connectivity index (χ4v) is 1.71. The van der Waals surface area contributed by atoms with Gasteiger partial charge in [-0.2, -0.15) is 15.3 Å². The minimum Gasteiger partial charge on any atom is -0.444 e. The maximum Gasteiger partial charge on any atom is 0.414 e. The molecular weight excluding hydrogens is 270 g/mol. The number of ether oxygens (including phenoxy) is 1. The number of nitriles is 1. The number of hydrogen-bond donors (Lipinski definition) is 1. The lowest BCUT2D eigenvalue weighted by Gasteiger charge is -2.07. The smallest absolute Gasteiger partial charge is 0.414 e. The number of anilines is 1. The molecule has 1 heterocycles. The van der Waals surface area contributed by atoms with Crippen LogP contribution in [0.3, 0.4) is 0 Å². The van der Waals surface area contributed by atoms with Gasteiger partial charge in [-0.1, -0.05) is 30.3 Å². The monoisotopic (exact) mass is 285 g/mol. The van der Waals surface area contributed by atoms with Crippen LogP contribution in [0.15, 0.2) is 30.3 Å². The predicted molar refractivity (Wildman–Crippen MR) is 75.2 cm³/mol. The average molecular weight is 285 g/mol. The van der Waals surface area contributed by atoms with Crippen molar-refractivity contribution in [2.24, 2.45) is 0 Å². The Morgan fingerprint density at radius 3 is 2.90 bits per heavy atom. The summed E-state index contributed by atoms with van der Waals surface area (Å²) in [6.45, 7) is 2.26. The highest BCUT2D eigenvalue weighted by Crippen LogP contribution is 2.07. The summed E-state index contributed by atoms with van der Waals surface area (Å²) < 4.78 is 6.58. The molecule has 0 aliphatic rings. The number of aromatic nitrogens is 3. The molecule has 0 fully saturated rings. The average Bonchev–Trinajstić information content (AvgIpc) is 2.83. The van der Waals surface area contributed by atoms with Crippen LogP contribution in [0.2, 0.25) is 0 Å². The van der Waals surface area contributed by atoms with Crippen LogP contribution >= 0.6 is 0 Å². The number of nitrogens with zero attached hydrogens (tertiary/aromatic N) is 4. The third-order valence-corrected chi connectivity index (χ3v) is 2.64. The molecule has 21 heavy (non-hydrogen) atoms. The Morgan fingerprint density at radius 1 is 1.43 bits per heavy atom. The van der Waals surface area contributed by atoms with Gasteiger partial charge in [-0.15, -0.1) is 0 Å². The molecule has 0 unspecified atom stereocenters. The molecule has 2 aromatic rings. The lowest BCUT2D eigenvalue weighted by Crippen LogP contribution is -2.17. The first-order valence-electron chi connectivity index (χ1n) is 6.45. The zero-order valence-corrected chi connectivity index (χ0v) is 11.6. The van der Waals surface area contributed by atoms with E-state index in [1.165, 1.54) is 4.68 Å². The number of rotatable bonds is 5. The van der Waals surface area contributed by atoms with Crippen LogP contribution in [-0.4, -0.2) is 20.9 Å². The zero-order valence-electron chi connectivity index (χ0n) is 11.6. The van der Waals surface area contributed by atoms with E-state index >= 15 is 0 Å². The first-order chi connectivity index (χ1) is 10.2. The van der Waals surface area contributed by atoms with Gasteiger partial charge in [-0.25, -0.2) is 9.48 Å². The van der Waals surface area contributed by atoms with Crippen molar-refractivity contribution in [3.8, 4) is 6.07 Å². The molecule has 1 aromatic heterocycles. The largest absolute Gasteiger partial charge is 0.444 e. The van der Waals surface area contributed by atoms with Gasteiger partial charge in [0.1, 0.15) is 12.4 Å². The van der Waals surface area contributed by atoms with Crippen molar-refractivity contribution in [2.75, 3.05) is 5.32 Å². The Kier molecular flexibility index (Phi) is 4.88. The van der Waals surface area contributed by atoms with Gasteiger partial charge in [0.15, 0.2) is 0 Å². The van der Waals surface area contributed by atoms with Gasteiger partial charge in [0.25, 0.3) is 0 Å². The second-order valence-electron chi connectivity index (χ2n) is 4.30. The molecule has 7 nitrogen and oxygen atoms in total. The predicted octanol–water partition coefficient (Wildman–Crippen LogP) is 2.25. The van der Waals surface area contributed by atoms with Crippen LogP contribution in [0.4, 0.5) is 10.7 Å². The molecule has 0 bridgehead atoms. The lowest BCUT2D eigenvalue weighted by molar-refractivity contribution is 0.154. The third-order valence-electron chi connectivity index (χ3n) is 2.64. The van der Waals surface area contributed by atoms with Crippen LogP contribution in [0, 0.1) is 18.3 Å². The van der Waals surface area contributed by atoms with Crippen molar-refractivity contribution < 1.29 is 9.53 Å². The number of hydrogen-bond acceptors (Lipinski definition) is 5. The maximum atomic E-state index is 11.7. The van der Waals surface area contributed by atoms with Gasteiger partial charge in [0.05, 0.1) is 19.0 Å². The minimum atomic E-state index is -0.607. The molecule has 1 N–H and O–H groups in total. The first kappa shape index (κ1) is 14.5. The number of carbonyl (C=O) groups is 1. The van der Waals surface area contributed by atoms with Crippen molar-refractivity contribution in [1.29, 1.82) is 5.26 Å². The van der Waals surface area contributed by atoms with E-state index in [4.69, 9.17) is 10.00 Å². The Bertz CT molecular complexity index is 645. The van der Waals surface area contributed by atoms with E-state index in [-0.39, 0.29) is 19.0 Å². The van der Waals surface area contributed by atoms with Gasteiger partial charge in [-0.3, -0.25) is 5.32 Å². The molecule has 2 rings (SSSR count). The van der Waals surface area contributed by atoms with Crippen LogP contribution in [0.5, 0.6) is 0 Å². The SMILES string of the molecule is Cc1nc(NC(=O)OCc2ccccc2)n(CCC#N)n1. The van der Waals surface area contributed by atoms with E-state index in [9.17, 15) is 4.79 Å². The highest BCUT2D eigenvalue weighted by atomic mass is 16.5. The molecule has 1 aromatic carbocycles. The van der Waals surface area contributed by atoms with Crippen LogP contribution in [-0.2, 0) is 17.9 Å². The molecule has 1 amide bonds. The summed E-state index contributed by atoms with van der Waals surface area (Å²) >= 11 is 0. The quantitative estimate of drug-likeness (QED) is 0.909. The molecular formula is C14H15N5O2. The molecule has 0 saturated heterocycles. The number of amides is 1. The Morgan fingerprint density at radius 2 is 2.19 bits per heavy atom. The van der Waals surface area contributed by atoms with Crippen molar-refractivity contribution in [3.63, 3.8) is 0 Å². The molecule has 0 spiro atoms. The number of aryl methyl sites for hydroxylation is 2. The summed E-state index contributed by atoms with van der Waals surface area (Å²) in [5.41, 5.74) is 0.898. The lowest BCUT2D eigenvalue weighted by atomic mass is 10.2. The summed E-state index contributed by atoms with van der Waals surface area (Å²) in [5, 5.41) is 15.2. The second-order valence-corrected chi connectivity index (χ2v) is 4.30. The van der Waals surface area contributed by atoms with E-state index in [1.807, 2.05) is 36.4 Å². The Hall–Kier alpha value is -2.88. The molecule has 108 valence electrons. The van der Waals surface area contributed by atoms with E-state index in [2.05, 4.69) is 15.4 Å². The molecule has 0 aliphatic carbocycles. The first-order valence-corrected chi connectivity index (χ1v) is 6.45. The fraction of sp³-hybridized carbons (Fsp3) is 0.286. The van der Waals surface area contributed by atoms with Gasteiger partial charge in [0.2, 0.25) is 5.95 Å². The number of benzene rings is 1. The summed E-state index contributed by atoms with van der Waals surface area (Å²) in [7, 11) is 0. The summed E-state index contributed by atoms with van der Waals surface area (Å²) in [5.74, 6) is 0.798. The van der Waals surface area contributed by atoms with Crippen LogP contribution < -0.4 is 5.32 Å². The Balaban J connectivity index is 1.92. The van der Waals surface area contributed by atoms with Crippen LogP contribution in [0.25, 0.3) is 0 Å². The van der Waals surface area contributed by atoms with Gasteiger partial charge in [-0.05, 0) is 12.5 Å². The van der Waals surface area contributed by atoms with Crippen molar-refractivity contribution >= 4 is 12.0 Å². The van der Waals surface area contributed by atoms with E-state index in [0.717, 1.165) is 5.56 Å². The van der Waals surface area contributed by atoms with Crippen molar-refractivity contribution in [1.82, 2.24) is 14.8 Å². The third kappa shape index (κ3) is 4.31. The van der Waals surface area contributed by atoms with Gasteiger partial charge < -0.3 is 4.74 Å². The second kappa shape index (κ2) is 7.05. The standard InChI is InChI=1S/C14H15N5O2/c1-11-16-13(19(18-11)9-5-8-15)17-14(20)21-10-12-6-3-2-4-7-12/h2-4,6-7H,5,9-10H2,1H3,(H,16,17,18,20). The molecule has 0 atom stereocenters. The minimum absolute atomic E-state index is 0.179. The highest BCUT2D eigenvalue weighted by molar-refractivity contribution is 5.82. The molecule has 0 saturated carbocycles. The summed E-state index contributed by atoms with van der Waals surface area (Å²) in [4.78, 5) is 15.8. The highest BCUT2D eigenvalue weighted by Gasteiger charge is 2.11. The normalized spacial score (nSPS) is 9.90. The fourth-order valence-electron chi connectivity index (χ4n) is 1.71. The van der Waals surface area contributed by atoms with Gasteiger partial charge >= 0.3 is 6.09 Å². The summed E-state index contributed by atoms with van der Waals surface area (Å²) in [6.07, 6.45) is -0.319. The summed E-state index contributed by atoms with van der Waals surface area (Å²) in [6, 6.07) is 11.4. The van der Waals surface area contributed by atoms with Crippen molar-refractivity contribution in [3.05, 3.63) is 41.7 Å². The van der Waals surface area contributed by atoms with Crippen molar-refractivity contribution in [2.45, 2.75) is 26.5 Å². The number of nitrogens with one attached hydrogen (secondary N) is 1. The van der Waals surface area contributed by atoms with Crippen LogP contribution in [0.1, 0.15) is 17.8 Å². The van der Waals surface area contributed by atoms with E-state index in [1.54, 1.807) is 6.92 Å². The number of carbonyl (C=O) groups excluding carboxylic acids is 1. The maximum absolute atomic E-state index is 11.7. The molecule has 7 heteroatoms.